The van der Waals surface area contributed by atoms with Gasteiger partial charge in [-0.15, -0.1) is 11.3 Å². The molecule has 1 aliphatic heterocycles. The Bertz CT molecular complexity index is 996. The lowest BCUT2D eigenvalue weighted by Crippen LogP contribution is -2.38. The quantitative estimate of drug-likeness (QED) is 0.600. The average molecular weight is 425 g/mol. The molecule has 0 aliphatic carbocycles. The third-order valence-electron chi connectivity index (χ3n) is 5.49. The fourth-order valence-corrected chi connectivity index (χ4v) is 4.81. The number of nitrogens with two attached hydrogens (primary N) is 1. The van der Waals surface area contributed by atoms with Crippen molar-refractivity contribution < 1.29 is 9.18 Å². The van der Waals surface area contributed by atoms with E-state index in [1.54, 1.807) is 29.7 Å². The SMILES string of the molecule is NC(=O)c1cccnc1N1CCC(CNCc2ccc(-c3ccc(F)cc3)s2)CC1. The number of rotatable bonds is 7. The van der Waals surface area contributed by atoms with Gasteiger partial charge >= 0.3 is 0 Å². The summed E-state index contributed by atoms with van der Waals surface area (Å²) in [7, 11) is 0. The molecule has 0 unspecified atom stereocenters. The minimum absolute atomic E-state index is 0.211. The van der Waals surface area contributed by atoms with E-state index < -0.39 is 5.91 Å². The van der Waals surface area contributed by atoms with Gasteiger partial charge in [-0.3, -0.25) is 4.79 Å². The molecule has 2 aromatic heterocycles. The molecule has 0 radical (unpaired) electrons. The first-order valence-corrected chi connectivity index (χ1v) is 11.0. The van der Waals surface area contributed by atoms with Gasteiger partial charge in [-0.05, 0) is 67.3 Å². The molecule has 5 nitrogen and oxygen atoms in total. The Morgan fingerprint density at radius 3 is 2.67 bits per heavy atom. The first-order valence-electron chi connectivity index (χ1n) is 10.2. The Morgan fingerprint density at radius 2 is 1.93 bits per heavy atom. The predicted octanol–water partition coefficient (Wildman–Crippen LogP) is 4.05. The Balaban J connectivity index is 1.25. The molecule has 3 N–H and O–H groups in total. The molecule has 3 aromatic rings. The van der Waals surface area contributed by atoms with Crippen LogP contribution in [-0.2, 0) is 6.54 Å². The second kappa shape index (κ2) is 9.36. The van der Waals surface area contributed by atoms with Gasteiger partial charge in [0.25, 0.3) is 5.91 Å². The Hall–Kier alpha value is -2.77. The maximum Gasteiger partial charge on any atom is 0.252 e. The van der Waals surface area contributed by atoms with Crippen molar-refractivity contribution in [2.75, 3.05) is 24.5 Å². The fraction of sp³-hybridized carbons (Fsp3) is 0.304. The number of hydrogen-bond donors (Lipinski definition) is 2. The van der Waals surface area contributed by atoms with Crippen LogP contribution in [0, 0.1) is 11.7 Å². The summed E-state index contributed by atoms with van der Waals surface area (Å²) >= 11 is 1.74. The third kappa shape index (κ3) is 4.86. The van der Waals surface area contributed by atoms with Gasteiger partial charge < -0.3 is 16.0 Å². The minimum Gasteiger partial charge on any atom is -0.365 e. The first-order chi connectivity index (χ1) is 14.6. The number of benzene rings is 1. The molecule has 0 atom stereocenters. The molecule has 0 saturated carbocycles. The monoisotopic (exact) mass is 424 g/mol. The van der Waals surface area contributed by atoms with E-state index in [1.807, 2.05) is 12.1 Å². The number of nitrogens with zero attached hydrogens (tertiary/aromatic N) is 2. The van der Waals surface area contributed by atoms with E-state index in [0.29, 0.717) is 17.3 Å². The highest BCUT2D eigenvalue weighted by Crippen LogP contribution is 2.28. The largest absolute Gasteiger partial charge is 0.365 e. The summed E-state index contributed by atoms with van der Waals surface area (Å²) in [5.74, 6) is 0.650. The summed E-state index contributed by atoms with van der Waals surface area (Å²) in [6, 6.07) is 14.3. The number of halogens is 1. The summed E-state index contributed by atoms with van der Waals surface area (Å²) < 4.78 is 13.1. The summed E-state index contributed by atoms with van der Waals surface area (Å²) in [6.07, 6.45) is 3.80. The van der Waals surface area contributed by atoms with Crippen LogP contribution in [0.1, 0.15) is 28.1 Å². The molecule has 7 heteroatoms. The smallest absolute Gasteiger partial charge is 0.252 e. The molecule has 1 saturated heterocycles. The van der Waals surface area contributed by atoms with E-state index in [1.165, 1.54) is 17.0 Å². The summed E-state index contributed by atoms with van der Waals surface area (Å²) in [5, 5.41) is 3.57. The molecule has 1 fully saturated rings. The lowest BCUT2D eigenvalue weighted by molar-refractivity contribution is 0.100. The standard InChI is InChI=1S/C23H25FN4OS/c24-18-5-3-17(4-6-18)21-8-7-19(30-21)15-26-14-16-9-12-28(13-10-16)23-20(22(25)29)2-1-11-27-23/h1-8,11,16,26H,9-10,12-15H2,(H2,25,29). The van der Waals surface area contributed by atoms with Gasteiger partial charge in [-0.1, -0.05) is 12.1 Å². The molecule has 4 rings (SSSR count). The Morgan fingerprint density at radius 1 is 1.17 bits per heavy atom. The predicted molar refractivity (Wildman–Crippen MR) is 119 cm³/mol. The van der Waals surface area contributed by atoms with Crippen LogP contribution in [0.15, 0.2) is 54.7 Å². The summed E-state index contributed by atoms with van der Waals surface area (Å²) in [6.45, 7) is 3.54. The topological polar surface area (TPSA) is 71.2 Å². The zero-order chi connectivity index (χ0) is 20.9. The molecule has 1 aromatic carbocycles. The first kappa shape index (κ1) is 20.5. The number of piperidine rings is 1. The molecule has 3 heterocycles. The van der Waals surface area contributed by atoms with E-state index in [2.05, 4.69) is 27.3 Å². The summed E-state index contributed by atoms with van der Waals surface area (Å²) in [4.78, 5) is 20.6. The normalized spacial score (nSPS) is 14.8. The molecular formula is C23H25FN4OS. The van der Waals surface area contributed by atoms with Crippen LogP contribution in [0.5, 0.6) is 0 Å². The molecular weight excluding hydrogens is 399 g/mol. The molecule has 0 bridgehead atoms. The summed E-state index contributed by atoms with van der Waals surface area (Å²) in [5.41, 5.74) is 7.02. The maximum absolute atomic E-state index is 13.1. The highest BCUT2D eigenvalue weighted by molar-refractivity contribution is 7.15. The number of thiophene rings is 1. The van der Waals surface area contributed by atoms with E-state index >= 15 is 0 Å². The lowest BCUT2D eigenvalue weighted by Gasteiger charge is -2.33. The van der Waals surface area contributed by atoms with Crippen molar-refractivity contribution in [2.45, 2.75) is 19.4 Å². The number of pyridine rings is 1. The van der Waals surface area contributed by atoms with Gasteiger partial charge in [0.2, 0.25) is 0 Å². The van der Waals surface area contributed by atoms with Crippen LogP contribution in [0.4, 0.5) is 10.2 Å². The number of hydrogen-bond acceptors (Lipinski definition) is 5. The number of anilines is 1. The van der Waals surface area contributed by atoms with Crippen molar-refractivity contribution in [1.82, 2.24) is 10.3 Å². The highest BCUT2D eigenvalue weighted by atomic mass is 32.1. The number of amides is 1. The highest BCUT2D eigenvalue weighted by Gasteiger charge is 2.23. The molecule has 1 amide bonds. The zero-order valence-corrected chi connectivity index (χ0v) is 17.5. The second-order valence-corrected chi connectivity index (χ2v) is 8.74. The number of carbonyl (C=O) groups excluding carboxylic acids is 1. The molecule has 0 spiro atoms. The van der Waals surface area contributed by atoms with Crippen molar-refractivity contribution >= 4 is 23.1 Å². The molecule has 30 heavy (non-hydrogen) atoms. The minimum atomic E-state index is -0.433. The zero-order valence-electron chi connectivity index (χ0n) is 16.7. The average Bonchev–Trinajstić information content (AvgIpc) is 3.24. The van der Waals surface area contributed by atoms with Crippen LogP contribution in [0.25, 0.3) is 10.4 Å². The van der Waals surface area contributed by atoms with Gasteiger partial charge in [0.15, 0.2) is 0 Å². The van der Waals surface area contributed by atoms with E-state index in [4.69, 9.17) is 5.73 Å². The van der Waals surface area contributed by atoms with Crippen molar-refractivity contribution in [3.63, 3.8) is 0 Å². The number of nitrogens with one attached hydrogen (secondary N) is 1. The van der Waals surface area contributed by atoms with Crippen molar-refractivity contribution in [2.24, 2.45) is 11.7 Å². The number of carbonyl (C=O) groups is 1. The fourth-order valence-electron chi connectivity index (χ4n) is 3.83. The van der Waals surface area contributed by atoms with Gasteiger partial charge in [-0.25, -0.2) is 9.37 Å². The lowest BCUT2D eigenvalue weighted by atomic mass is 9.96. The van der Waals surface area contributed by atoms with E-state index in [0.717, 1.165) is 49.5 Å². The van der Waals surface area contributed by atoms with Crippen LogP contribution in [0.3, 0.4) is 0 Å². The third-order valence-corrected chi connectivity index (χ3v) is 6.62. The molecule has 156 valence electrons. The Kier molecular flexibility index (Phi) is 6.40. The van der Waals surface area contributed by atoms with Crippen LogP contribution >= 0.6 is 11.3 Å². The van der Waals surface area contributed by atoms with Gasteiger partial charge in [-0.2, -0.15) is 0 Å². The maximum atomic E-state index is 13.1. The van der Waals surface area contributed by atoms with Gasteiger partial charge in [0.05, 0.1) is 5.56 Å². The van der Waals surface area contributed by atoms with Crippen LogP contribution in [-0.4, -0.2) is 30.5 Å². The van der Waals surface area contributed by atoms with Crippen molar-refractivity contribution in [3.05, 3.63) is 71.0 Å². The van der Waals surface area contributed by atoms with Crippen LogP contribution < -0.4 is 16.0 Å². The Labute approximate surface area is 179 Å². The second-order valence-electron chi connectivity index (χ2n) is 7.57. The van der Waals surface area contributed by atoms with E-state index in [-0.39, 0.29) is 5.82 Å². The number of aromatic nitrogens is 1. The van der Waals surface area contributed by atoms with Crippen LogP contribution in [0.2, 0.25) is 0 Å². The van der Waals surface area contributed by atoms with Gasteiger partial charge in [0, 0.05) is 35.6 Å². The van der Waals surface area contributed by atoms with Gasteiger partial charge in [0.1, 0.15) is 11.6 Å². The van der Waals surface area contributed by atoms with Crippen molar-refractivity contribution in [3.8, 4) is 10.4 Å². The number of primary amides is 1. The molecule has 1 aliphatic rings. The van der Waals surface area contributed by atoms with Crippen molar-refractivity contribution in [1.29, 1.82) is 0 Å². The van der Waals surface area contributed by atoms with E-state index in [9.17, 15) is 9.18 Å².